The smallest absolute Gasteiger partial charge is 0.410 e. The average Bonchev–Trinajstić information content (AvgIpc) is 3.82. The van der Waals surface area contributed by atoms with Crippen molar-refractivity contribution in [3.05, 3.63) is 87.7 Å². The molecule has 1 aromatic heterocycles. The van der Waals surface area contributed by atoms with Gasteiger partial charge >= 0.3 is 12.2 Å². The number of hydrogen-bond acceptors (Lipinski definition) is 8. The van der Waals surface area contributed by atoms with E-state index in [0.717, 1.165) is 41.5 Å². The van der Waals surface area contributed by atoms with Crippen molar-refractivity contribution in [2.24, 2.45) is 23.7 Å². The normalized spacial score (nSPS) is 18.7. The highest BCUT2D eigenvalue weighted by molar-refractivity contribution is 5.98. The van der Waals surface area contributed by atoms with Gasteiger partial charge in [-0.25, -0.2) is 9.59 Å². The van der Waals surface area contributed by atoms with Crippen LogP contribution in [0, 0.1) is 30.6 Å². The van der Waals surface area contributed by atoms with E-state index in [1.165, 1.54) is 0 Å². The number of fused-ring (bicyclic) bond motifs is 1. The zero-order valence-corrected chi connectivity index (χ0v) is 36.6. The summed E-state index contributed by atoms with van der Waals surface area (Å²) >= 11 is 0. The summed E-state index contributed by atoms with van der Waals surface area (Å²) in [5.41, 5.74) is 4.14. The van der Waals surface area contributed by atoms with Crippen LogP contribution in [0.25, 0.3) is 22.0 Å². The number of anilines is 1. The number of rotatable bonds is 13. The highest BCUT2D eigenvalue weighted by Crippen LogP contribution is 2.33. The fraction of sp³-hybridized carbons (Fsp3) is 0.500. The molecule has 1 saturated carbocycles. The molecule has 1 aliphatic heterocycles. The van der Waals surface area contributed by atoms with Crippen LogP contribution in [0.4, 0.5) is 15.3 Å². The predicted octanol–water partition coefficient (Wildman–Crippen LogP) is 8.75. The van der Waals surface area contributed by atoms with Crippen molar-refractivity contribution >= 4 is 46.3 Å². The summed E-state index contributed by atoms with van der Waals surface area (Å²) in [6.07, 6.45) is 3.73. The van der Waals surface area contributed by atoms with E-state index in [2.05, 4.69) is 20.8 Å². The van der Waals surface area contributed by atoms with E-state index in [1.54, 1.807) is 23.1 Å². The van der Waals surface area contributed by atoms with Gasteiger partial charge in [-0.3, -0.25) is 29.4 Å². The summed E-state index contributed by atoms with van der Waals surface area (Å²) in [5, 5.41) is 11.7. The van der Waals surface area contributed by atoms with Crippen molar-refractivity contribution in [2.75, 3.05) is 25.0 Å². The fourth-order valence-corrected chi connectivity index (χ4v) is 8.39. The number of amides is 3. The number of carbonyl (C=O) groups excluding carboxylic acids is 5. The van der Waals surface area contributed by atoms with Crippen molar-refractivity contribution in [3.63, 3.8) is 0 Å². The van der Waals surface area contributed by atoms with Gasteiger partial charge in [-0.05, 0) is 145 Å². The van der Waals surface area contributed by atoms with Gasteiger partial charge in [0.2, 0.25) is 5.91 Å². The van der Waals surface area contributed by atoms with Gasteiger partial charge in [0.15, 0.2) is 5.78 Å². The average molecular weight is 836 g/mol. The zero-order valence-electron chi connectivity index (χ0n) is 36.6. The first kappa shape index (κ1) is 44.8. The van der Waals surface area contributed by atoms with E-state index in [4.69, 9.17) is 9.47 Å². The first-order valence-electron chi connectivity index (χ1n) is 21.5. The van der Waals surface area contributed by atoms with Crippen LogP contribution in [0.3, 0.4) is 0 Å². The molecule has 4 aromatic rings. The number of aryl methyl sites for hydroxylation is 1. The largest absolute Gasteiger partial charge is 0.444 e. The number of ether oxygens (including phenoxy) is 2. The summed E-state index contributed by atoms with van der Waals surface area (Å²) in [6.45, 7) is 14.6. The van der Waals surface area contributed by atoms with Crippen LogP contribution in [-0.4, -0.2) is 75.6 Å². The lowest BCUT2D eigenvalue weighted by molar-refractivity contribution is -0.129. The summed E-state index contributed by atoms with van der Waals surface area (Å²) < 4.78 is 10.9. The molecule has 0 spiro atoms. The maximum atomic E-state index is 14.0. The quantitative estimate of drug-likeness (QED) is 0.0966. The van der Waals surface area contributed by atoms with E-state index >= 15 is 0 Å². The van der Waals surface area contributed by atoms with Gasteiger partial charge in [0.1, 0.15) is 17.0 Å². The Balaban J connectivity index is 1.09. The highest BCUT2D eigenvalue weighted by atomic mass is 16.6. The van der Waals surface area contributed by atoms with Crippen LogP contribution in [-0.2, 0) is 25.5 Å². The predicted molar refractivity (Wildman–Crippen MR) is 236 cm³/mol. The molecule has 1 aliphatic carbocycles. The monoisotopic (exact) mass is 835 g/mol. The van der Waals surface area contributed by atoms with E-state index in [0.29, 0.717) is 67.5 Å². The van der Waals surface area contributed by atoms with Crippen LogP contribution in [0.1, 0.15) is 108 Å². The van der Waals surface area contributed by atoms with Crippen molar-refractivity contribution in [1.82, 2.24) is 20.4 Å². The van der Waals surface area contributed by atoms with E-state index in [9.17, 15) is 28.8 Å². The molecule has 1 saturated heterocycles. The molecule has 2 atom stereocenters. The van der Waals surface area contributed by atoms with Crippen molar-refractivity contribution in [3.8, 4) is 11.1 Å². The number of hydrogen-bond donors (Lipinski definition) is 4. The Labute approximate surface area is 357 Å². The number of benzene rings is 3. The Kier molecular flexibility index (Phi) is 13.9. The maximum Gasteiger partial charge on any atom is 0.410 e. The molecule has 2 aliphatic rings. The third-order valence-corrected chi connectivity index (χ3v) is 11.6. The highest BCUT2D eigenvalue weighted by Gasteiger charge is 2.33. The number of nitrogens with one attached hydrogen (secondary N) is 4. The van der Waals surface area contributed by atoms with E-state index in [-0.39, 0.29) is 53.3 Å². The minimum Gasteiger partial charge on any atom is -0.444 e. The minimum absolute atomic E-state index is 0.0458. The zero-order chi connectivity index (χ0) is 44.1. The van der Waals surface area contributed by atoms with Gasteiger partial charge in [0.05, 0.1) is 10.9 Å². The molecule has 6 rings (SSSR count). The van der Waals surface area contributed by atoms with E-state index in [1.807, 2.05) is 90.9 Å². The number of H-pyrrole nitrogens is 2. The summed E-state index contributed by atoms with van der Waals surface area (Å²) in [7, 11) is 0. The third kappa shape index (κ3) is 12.4. The molecule has 13 heteroatoms. The van der Waals surface area contributed by atoms with Gasteiger partial charge in [-0.2, -0.15) is 0 Å². The van der Waals surface area contributed by atoms with Crippen LogP contribution in [0.15, 0.2) is 65.5 Å². The first-order valence-corrected chi connectivity index (χ1v) is 21.5. The third-order valence-electron chi connectivity index (χ3n) is 11.6. The van der Waals surface area contributed by atoms with Crippen LogP contribution in [0.5, 0.6) is 0 Å². The molecule has 0 bridgehead atoms. The number of alkyl carbamates (subject to hydrolysis) is 1. The van der Waals surface area contributed by atoms with Gasteiger partial charge in [0, 0.05) is 55.6 Å². The summed E-state index contributed by atoms with van der Waals surface area (Å²) in [4.78, 5) is 79.6. The lowest BCUT2D eigenvalue weighted by Crippen LogP contribution is -2.37. The van der Waals surface area contributed by atoms with Gasteiger partial charge in [0.25, 0.3) is 5.56 Å². The number of carbonyl (C=O) groups is 5. The van der Waals surface area contributed by atoms with Gasteiger partial charge < -0.3 is 25.0 Å². The van der Waals surface area contributed by atoms with Gasteiger partial charge in [-0.15, -0.1) is 0 Å². The molecule has 0 unspecified atom stereocenters. The van der Waals surface area contributed by atoms with Crippen molar-refractivity contribution in [1.29, 1.82) is 0 Å². The fourth-order valence-electron chi connectivity index (χ4n) is 8.39. The van der Waals surface area contributed by atoms with Gasteiger partial charge in [-0.1, -0.05) is 36.4 Å². The second-order valence-corrected chi connectivity index (χ2v) is 18.9. The Morgan fingerprint density at radius 1 is 0.820 bits per heavy atom. The Bertz CT molecular complexity index is 2290. The Morgan fingerprint density at radius 3 is 2.20 bits per heavy atom. The molecule has 4 N–H and O–H groups in total. The number of Topliss-reactive ketones (excluding diaryl/α,β-unsaturated/α-hetero) is 2. The molecule has 326 valence electrons. The number of nitrogens with zero attached hydrogens (tertiary/aromatic N) is 1. The molecule has 2 fully saturated rings. The lowest BCUT2D eigenvalue weighted by Gasteiger charge is -2.29. The van der Waals surface area contributed by atoms with Crippen LogP contribution < -0.4 is 16.2 Å². The second-order valence-electron chi connectivity index (χ2n) is 18.9. The van der Waals surface area contributed by atoms with Crippen molar-refractivity contribution in [2.45, 2.75) is 111 Å². The Hall–Kier alpha value is -5.72. The molecule has 2 heterocycles. The molecule has 13 nitrogen and oxygen atoms in total. The molecule has 3 aromatic carbocycles. The molecule has 0 radical (unpaired) electrons. The van der Waals surface area contributed by atoms with Crippen LogP contribution in [0.2, 0.25) is 0 Å². The molecular weight excluding hydrogens is 775 g/mol. The maximum absolute atomic E-state index is 14.0. The van der Waals surface area contributed by atoms with Crippen molar-refractivity contribution < 1.29 is 33.4 Å². The molecular formula is C48H61N5O8. The number of aromatic amines is 2. The summed E-state index contributed by atoms with van der Waals surface area (Å²) in [6, 6.07) is 18.7. The SMILES string of the molecule is Cc1cc(C(=O)C[C@H]2CCN(C(=O)OC(C)(C)C)C2)ccc1-c1ccc(C[C@H](CC(=O)C2CCC(CNC(=O)OC(C)(C)C)CC2)C(=O)Nc2ccc3c(=O)[nH][nH]c3c2)cc1. The number of likely N-dealkylation sites (tertiary alicyclic amines) is 1. The first-order chi connectivity index (χ1) is 28.8. The minimum atomic E-state index is -0.644. The topological polar surface area (TPSA) is 180 Å². The standard InChI is InChI=1S/C48H61N5O8/c1-29-22-35(41(54)24-32-20-21-53(28-32)46(59)61-48(5,6)7)16-18-38(29)33-12-8-30(9-13-33)23-36(43(56)50-37-17-19-39-40(26-37)51-52-44(39)57)25-42(55)34-14-10-31(11-15-34)27-49-45(58)60-47(2,3)4/h8-9,12-13,16-19,22,26,31-32,34,36H,10-11,14-15,20-21,23-25,27-28H2,1-7H3,(H,49,58)(H,50,56)(H2,51,52,57)/t31?,32-,34?,36-/m1/s1. The number of aromatic nitrogens is 2. The molecule has 61 heavy (non-hydrogen) atoms. The van der Waals surface area contributed by atoms with Crippen LogP contribution >= 0.6 is 0 Å². The molecule has 3 amide bonds. The Morgan fingerprint density at radius 2 is 1.52 bits per heavy atom. The number of ketones is 2. The summed E-state index contributed by atoms with van der Waals surface area (Å²) in [5.74, 6) is -0.662. The van der Waals surface area contributed by atoms with E-state index < -0.39 is 23.2 Å². The second kappa shape index (κ2) is 18.9. The lowest BCUT2D eigenvalue weighted by atomic mass is 9.77.